The van der Waals surface area contributed by atoms with Gasteiger partial charge >= 0.3 is 0 Å². The van der Waals surface area contributed by atoms with Crippen LogP contribution in [0.25, 0.3) is 11.5 Å². The fraction of sp³-hybridized carbons (Fsp3) is 0.550. The highest BCUT2D eigenvalue weighted by Gasteiger charge is 2.25. The minimum absolute atomic E-state index is 0.000400. The molecule has 0 bridgehead atoms. The number of hydrogen-bond acceptors (Lipinski definition) is 6. The van der Waals surface area contributed by atoms with Crippen molar-refractivity contribution in [3.05, 3.63) is 36.2 Å². The van der Waals surface area contributed by atoms with Gasteiger partial charge in [-0.1, -0.05) is 23.4 Å². The van der Waals surface area contributed by atoms with E-state index in [1.165, 1.54) is 0 Å². The van der Waals surface area contributed by atoms with Crippen LogP contribution in [0, 0.1) is 5.92 Å². The van der Waals surface area contributed by atoms with E-state index in [1.54, 1.807) is 0 Å². The van der Waals surface area contributed by atoms with Crippen molar-refractivity contribution in [3.63, 3.8) is 0 Å². The smallest absolute Gasteiger partial charge is 0.257 e. The van der Waals surface area contributed by atoms with Crippen molar-refractivity contribution in [3.8, 4) is 11.5 Å². The standard InChI is InChI=1S/C20H27N5O2/c26-19(17-9-4-10-21-17)22-12-15-6-5-11-25(13-15)14-18-23-20(27-24-18)16-7-2-1-3-8-16/h1-3,7-8,15,17,21H,4-6,9-14H2,(H,22,26). The normalized spacial score (nSPS) is 23.4. The van der Waals surface area contributed by atoms with Gasteiger partial charge in [-0.2, -0.15) is 4.98 Å². The van der Waals surface area contributed by atoms with Crippen LogP contribution in [0.1, 0.15) is 31.5 Å². The van der Waals surface area contributed by atoms with Crippen molar-refractivity contribution in [2.24, 2.45) is 5.92 Å². The van der Waals surface area contributed by atoms with E-state index in [0.717, 1.165) is 57.4 Å². The average molecular weight is 369 g/mol. The van der Waals surface area contributed by atoms with Crippen LogP contribution in [0.4, 0.5) is 0 Å². The second-order valence-electron chi connectivity index (χ2n) is 7.52. The molecule has 7 nitrogen and oxygen atoms in total. The van der Waals surface area contributed by atoms with Crippen LogP contribution in [0.2, 0.25) is 0 Å². The van der Waals surface area contributed by atoms with Gasteiger partial charge < -0.3 is 15.2 Å². The Bertz CT molecular complexity index is 742. The summed E-state index contributed by atoms with van der Waals surface area (Å²) in [5, 5.41) is 10.5. The molecule has 4 rings (SSSR count). The van der Waals surface area contributed by atoms with E-state index in [1.807, 2.05) is 30.3 Å². The highest BCUT2D eigenvalue weighted by molar-refractivity contribution is 5.81. The van der Waals surface area contributed by atoms with Gasteiger partial charge in [-0.3, -0.25) is 9.69 Å². The molecule has 0 radical (unpaired) electrons. The molecular formula is C20H27N5O2. The van der Waals surface area contributed by atoms with Gasteiger partial charge in [0, 0.05) is 18.7 Å². The highest BCUT2D eigenvalue weighted by atomic mass is 16.5. The minimum Gasteiger partial charge on any atom is -0.354 e. The molecule has 1 amide bonds. The monoisotopic (exact) mass is 369 g/mol. The predicted octanol–water partition coefficient (Wildman–Crippen LogP) is 1.82. The molecule has 2 N–H and O–H groups in total. The number of piperidine rings is 1. The average Bonchev–Trinajstić information content (AvgIpc) is 3.39. The molecule has 2 saturated heterocycles. The second kappa shape index (κ2) is 8.63. The van der Waals surface area contributed by atoms with Crippen molar-refractivity contribution >= 4 is 5.91 Å². The zero-order valence-corrected chi connectivity index (χ0v) is 15.6. The van der Waals surface area contributed by atoms with Gasteiger partial charge in [0.25, 0.3) is 5.89 Å². The summed E-state index contributed by atoms with van der Waals surface area (Å²) in [5.74, 6) is 1.91. The fourth-order valence-electron chi connectivity index (χ4n) is 3.95. The molecule has 2 unspecified atom stereocenters. The first kappa shape index (κ1) is 18.1. The quantitative estimate of drug-likeness (QED) is 0.808. The maximum Gasteiger partial charge on any atom is 0.257 e. The molecule has 0 saturated carbocycles. The Morgan fingerprint density at radius 1 is 1.26 bits per heavy atom. The highest BCUT2D eigenvalue weighted by Crippen LogP contribution is 2.20. The fourth-order valence-corrected chi connectivity index (χ4v) is 3.95. The molecule has 2 aliphatic rings. The van der Waals surface area contributed by atoms with E-state index >= 15 is 0 Å². The maximum atomic E-state index is 12.2. The van der Waals surface area contributed by atoms with E-state index in [4.69, 9.17) is 4.52 Å². The van der Waals surface area contributed by atoms with Crippen molar-refractivity contribution in [2.45, 2.75) is 38.3 Å². The van der Waals surface area contributed by atoms with Crippen LogP contribution in [0.5, 0.6) is 0 Å². The Hall–Kier alpha value is -2.25. The van der Waals surface area contributed by atoms with Crippen LogP contribution in [-0.4, -0.2) is 53.2 Å². The molecule has 144 valence electrons. The Balaban J connectivity index is 1.27. The number of likely N-dealkylation sites (tertiary alicyclic amines) is 1. The van der Waals surface area contributed by atoms with E-state index in [9.17, 15) is 4.79 Å². The third kappa shape index (κ3) is 4.73. The van der Waals surface area contributed by atoms with Crippen molar-refractivity contribution in [1.82, 2.24) is 25.7 Å². The predicted molar refractivity (Wildman–Crippen MR) is 102 cm³/mol. The molecule has 7 heteroatoms. The Morgan fingerprint density at radius 2 is 2.15 bits per heavy atom. The summed E-state index contributed by atoms with van der Waals surface area (Å²) in [4.78, 5) is 19.1. The van der Waals surface area contributed by atoms with E-state index in [0.29, 0.717) is 24.2 Å². The number of carbonyl (C=O) groups excluding carboxylic acids is 1. The van der Waals surface area contributed by atoms with Crippen LogP contribution in [0.3, 0.4) is 0 Å². The Labute approximate surface area is 159 Å². The Kier molecular flexibility index (Phi) is 5.79. The minimum atomic E-state index is 0.000400. The molecule has 2 aliphatic heterocycles. The molecule has 1 aromatic heterocycles. The molecule has 27 heavy (non-hydrogen) atoms. The lowest BCUT2D eigenvalue weighted by Gasteiger charge is -2.32. The summed E-state index contributed by atoms with van der Waals surface area (Å²) in [6.45, 7) is 4.36. The zero-order chi connectivity index (χ0) is 18.5. The number of hydrogen-bond donors (Lipinski definition) is 2. The first-order chi connectivity index (χ1) is 13.3. The van der Waals surface area contributed by atoms with Gasteiger partial charge in [0.15, 0.2) is 5.82 Å². The lowest BCUT2D eigenvalue weighted by Crippen LogP contribution is -2.45. The third-order valence-corrected chi connectivity index (χ3v) is 5.40. The lowest BCUT2D eigenvalue weighted by atomic mass is 9.98. The van der Waals surface area contributed by atoms with Gasteiger partial charge in [-0.05, 0) is 56.8 Å². The molecule has 0 spiro atoms. The molecule has 2 atom stereocenters. The van der Waals surface area contributed by atoms with Gasteiger partial charge in [-0.15, -0.1) is 0 Å². The molecule has 1 aromatic carbocycles. The van der Waals surface area contributed by atoms with Crippen molar-refractivity contribution in [2.75, 3.05) is 26.2 Å². The van der Waals surface area contributed by atoms with Gasteiger partial charge in [0.05, 0.1) is 12.6 Å². The molecule has 2 fully saturated rings. The number of nitrogens with zero attached hydrogens (tertiary/aromatic N) is 3. The summed E-state index contributed by atoms with van der Waals surface area (Å²) in [5.41, 5.74) is 0.941. The Morgan fingerprint density at radius 3 is 2.96 bits per heavy atom. The number of nitrogens with one attached hydrogen (secondary N) is 2. The summed E-state index contributed by atoms with van der Waals surface area (Å²) in [6, 6.07) is 9.83. The molecule has 2 aromatic rings. The number of rotatable bonds is 6. The summed E-state index contributed by atoms with van der Waals surface area (Å²) in [6.07, 6.45) is 4.32. The van der Waals surface area contributed by atoms with Gasteiger partial charge in [-0.25, -0.2) is 0 Å². The van der Waals surface area contributed by atoms with E-state index in [2.05, 4.69) is 25.7 Å². The van der Waals surface area contributed by atoms with E-state index in [-0.39, 0.29) is 11.9 Å². The SMILES string of the molecule is O=C(NCC1CCCN(Cc2noc(-c3ccccc3)n2)C1)C1CCCN1. The third-order valence-electron chi connectivity index (χ3n) is 5.40. The number of aromatic nitrogens is 2. The first-order valence-electron chi connectivity index (χ1n) is 9.89. The van der Waals surface area contributed by atoms with Crippen LogP contribution >= 0.6 is 0 Å². The molecule has 0 aliphatic carbocycles. The van der Waals surface area contributed by atoms with Gasteiger partial charge in [0.2, 0.25) is 5.91 Å². The topological polar surface area (TPSA) is 83.3 Å². The summed E-state index contributed by atoms with van der Waals surface area (Å²) < 4.78 is 5.40. The lowest BCUT2D eigenvalue weighted by molar-refractivity contribution is -0.123. The first-order valence-corrected chi connectivity index (χ1v) is 9.89. The van der Waals surface area contributed by atoms with Crippen molar-refractivity contribution < 1.29 is 9.32 Å². The van der Waals surface area contributed by atoms with Crippen LogP contribution in [-0.2, 0) is 11.3 Å². The summed E-state index contributed by atoms with van der Waals surface area (Å²) >= 11 is 0. The number of benzene rings is 1. The number of amides is 1. The maximum absolute atomic E-state index is 12.2. The van der Waals surface area contributed by atoms with Crippen molar-refractivity contribution in [1.29, 1.82) is 0 Å². The largest absolute Gasteiger partial charge is 0.354 e. The van der Waals surface area contributed by atoms with Crippen LogP contribution < -0.4 is 10.6 Å². The summed E-state index contributed by atoms with van der Waals surface area (Å²) in [7, 11) is 0. The van der Waals surface area contributed by atoms with Crippen LogP contribution in [0.15, 0.2) is 34.9 Å². The second-order valence-corrected chi connectivity index (χ2v) is 7.52. The molecule has 3 heterocycles. The van der Waals surface area contributed by atoms with Gasteiger partial charge in [0.1, 0.15) is 0 Å². The zero-order valence-electron chi connectivity index (χ0n) is 15.6. The van der Waals surface area contributed by atoms with E-state index < -0.39 is 0 Å². The number of carbonyl (C=O) groups is 1. The molecular weight excluding hydrogens is 342 g/mol.